The third kappa shape index (κ3) is 4.38. The molecule has 0 unspecified atom stereocenters. The lowest BCUT2D eigenvalue weighted by Crippen LogP contribution is -2.14. The predicted octanol–water partition coefficient (Wildman–Crippen LogP) is 4.27. The van der Waals surface area contributed by atoms with E-state index in [2.05, 4.69) is 30.6 Å². The maximum Gasteiger partial charge on any atom is 0.275 e. The molecule has 0 bridgehead atoms. The molecule has 0 spiro atoms. The van der Waals surface area contributed by atoms with Crippen molar-refractivity contribution in [3.05, 3.63) is 90.0 Å². The summed E-state index contributed by atoms with van der Waals surface area (Å²) < 4.78 is 7.48. The van der Waals surface area contributed by atoms with Crippen LogP contribution in [-0.4, -0.2) is 35.9 Å². The van der Waals surface area contributed by atoms with Gasteiger partial charge in [-0.2, -0.15) is 5.10 Å². The zero-order chi connectivity index (χ0) is 22.8. The number of rotatable bonds is 5. The van der Waals surface area contributed by atoms with Crippen LogP contribution in [0, 0.1) is 13.8 Å². The minimum absolute atomic E-state index is 0.243. The zero-order valence-electron chi connectivity index (χ0n) is 17.9. The Hall–Kier alpha value is -4.66. The van der Waals surface area contributed by atoms with Crippen LogP contribution in [0.15, 0.2) is 72.9 Å². The number of para-hydroxylation sites is 2. The van der Waals surface area contributed by atoms with Crippen LogP contribution in [0.3, 0.4) is 0 Å². The van der Waals surface area contributed by atoms with Gasteiger partial charge in [0.2, 0.25) is 5.88 Å². The van der Waals surface area contributed by atoms with Gasteiger partial charge in [0.15, 0.2) is 5.82 Å². The number of ether oxygens (including phenoxy) is 1. The summed E-state index contributed by atoms with van der Waals surface area (Å²) >= 11 is 0. The van der Waals surface area contributed by atoms with Crippen molar-refractivity contribution in [2.24, 2.45) is 0 Å². The van der Waals surface area contributed by atoms with Crippen molar-refractivity contribution in [1.82, 2.24) is 29.9 Å². The Kier molecular flexibility index (Phi) is 5.19. The van der Waals surface area contributed by atoms with Crippen molar-refractivity contribution in [1.29, 1.82) is 0 Å². The number of hydrogen-bond donors (Lipinski definition) is 1. The van der Waals surface area contributed by atoms with Gasteiger partial charge in [0.25, 0.3) is 5.91 Å². The van der Waals surface area contributed by atoms with E-state index in [0.717, 1.165) is 16.9 Å². The van der Waals surface area contributed by atoms with Crippen molar-refractivity contribution in [2.75, 3.05) is 5.32 Å². The van der Waals surface area contributed by atoms with Gasteiger partial charge in [-0.1, -0.05) is 12.1 Å². The first-order chi connectivity index (χ1) is 16.0. The highest BCUT2D eigenvalue weighted by atomic mass is 16.5. The van der Waals surface area contributed by atoms with Crippen LogP contribution >= 0.6 is 0 Å². The smallest absolute Gasteiger partial charge is 0.275 e. The SMILES string of the molecule is Cc1cc(C)n(-c2ccc(Oc3ccc(NC(=O)c4cnc5ccccc5n4)cc3)nn2)n1. The van der Waals surface area contributed by atoms with E-state index in [1.165, 1.54) is 6.20 Å². The number of anilines is 1. The number of fused-ring (bicyclic) bond motifs is 1. The summed E-state index contributed by atoms with van der Waals surface area (Å²) in [6, 6.07) is 19.8. The minimum atomic E-state index is -0.340. The molecular weight excluding hydrogens is 418 g/mol. The van der Waals surface area contributed by atoms with Crippen molar-refractivity contribution in [2.45, 2.75) is 13.8 Å². The lowest BCUT2D eigenvalue weighted by Gasteiger charge is -2.08. The molecule has 0 saturated heterocycles. The highest BCUT2D eigenvalue weighted by molar-refractivity contribution is 6.03. The van der Waals surface area contributed by atoms with Crippen molar-refractivity contribution >= 4 is 22.6 Å². The quantitative estimate of drug-likeness (QED) is 0.437. The van der Waals surface area contributed by atoms with Gasteiger partial charge in [-0.05, 0) is 62.4 Å². The Labute approximate surface area is 189 Å². The molecule has 33 heavy (non-hydrogen) atoms. The highest BCUT2D eigenvalue weighted by Crippen LogP contribution is 2.22. The summed E-state index contributed by atoms with van der Waals surface area (Å²) in [4.78, 5) is 21.2. The summed E-state index contributed by atoms with van der Waals surface area (Å²) in [5.74, 6) is 1.19. The highest BCUT2D eigenvalue weighted by Gasteiger charge is 2.10. The average molecular weight is 437 g/mol. The fourth-order valence-corrected chi connectivity index (χ4v) is 3.33. The number of carbonyl (C=O) groups is 1. The Morgan fingerprint density at radius 2 is 1.73 bits per heavy atom. The van der Waals surface area contributed by atoms with Gasteiger partial charge in [0.05, 0.1) is 22.9 Å². The third-order valence-corrected chi connectivity index (χ3v) is 4.87. The molecule has 0 saturated carbocycles. The molecule has 1 N–H and O–H groups in total. The number of nitrogens with one attached hydrogen (secondary N) is 1. The van der Waals surface area contributed by atoms with E-state index in [4.69, 9.17) is 4.74 Å². The minimum Gasteiger partial charge on any atom is -0.438 e. The number of hydrogen-bond acceptors (Lipinski definition) is 7. The van der Waals surface area contributed by atoms with E-state index >= 15 is 0 Å². The third-order valence-electron chi connectivity index (χ3n) is 4.87. The van der Waals surface area contributed by atoms with Crippen LogP contribution in [0.5, 0.6) is 11.6 Å². The molecule has 0 aliphatic heterocycles. The molecule has 9 nitrogen and oxygen atoms in total. The summed E-state index contributed by atoms with van der Waals surface area (Å²) in [5, 5.41) is 15.5. The van der Waals surface area contributed by atoms with E-state index in [1.807, 2.05) is 44.2 Å². The first-order valence-corrected chi connectivity index (χ1v) is 10.2. The van der Waals surface area contributed by atoms with Crippen molar-refractivity contribution in [3.8, 4) is 17.4 Å². The number of nitrogens with zero attached hydrogens (tertiary/aromatic N) is 6. The fourth-order valence-electron chi connectivity index (χ4n) is 3.33. The average Bonchev–Trinajstić information content (AvgIpc) is 3.18. The maximum absolute atomic E-state index is 12.5. The van der Waals surface area contributed by atoms with E-state index in [0.29, 0.717) is 28.7 Å². The fraction of sp³-hybridized carbons (Fsp3) is 0.0833. The molecule has 0 aliphatic carbocycles. The second-order valence-electron chi connectivity index (χ2n) is 7.39. The Balaban J connectivity index is 1.24. The molecule has 5 aromatic rings. The van der Waals surface area contributed by atoms with E-state index < -0.39 is 0 Å². The molecule has 1 amide bonds. The number of benzene rings is 2. The first kappa shape index (κ1) is 20.3. The molecule has 0 aliphatic rings. The summed E-state index contributed by atoms with van der Waals surface area (Å²) in [7, 11) is 0. The lowest BCUT2D eigenvalue weighted by atomic mass is 10.2. The first-order valence-electron chi connectivity index (χ1n) is 10.2. The van der Waals surface area contributed by atoms with E-state index in [1.54, 1.807) is 41.1 Å². The molecule has 3 heterocycles. The van der Waals surface area contributed by atoms with Crippen LogP contribution in [0.25, 0.3) is 16.9 Å². The number of amides is 1. The Morgan fingerprint density at radius 1 is 0.939 bits per heavy atom. The number of aryl methyl sites for hydroxylation is 2. The number of carbonyl (C=O) groups excluding carboxylic acids is 1. The molecule has 0 radical (unpaired) electrons. The molecule has 2 aromatic carbocycles. The molecule has 162 valence electrons. The van der Waals surface area contributed by atoms with E-state index in [9.17, 15) is 4.79 Å². The monoisotopic (exact) mass is 437 g/mol. The zero-order valence-corrected chi connectivity index (χ0v) is 17.9. The molecule has 3 aromatic heterocycles. The molecular formula is C24H19N7O2. The predicted molar refractivity (Wildman–Crippen MR) is 123 cm³/mol. The van der Waals surface area contributed by atoms with Crippen LogP contribution in [0.4, 0.5) is 5.69 Å². The van der Waals surface area contributed by atoms with Gasteiger partial charge in [-0.3, -0.25) is 9.78 Å². The lowest BCUT2D eigenvalue weighted by molar-refractivity contribution is 0.102. The van der Waals surface area contributed by atoms with Gasteiger partial charge >= 0.3 is 0 Å². The van der Waals surface area contributed by atoms with Crippen molar-refractivity contribution < 1.29 is 9.53 Å². The molecule has 5 rings (SSSR count). The second kappa shape index (κ2) is 8.46. The Bertz CT molecular complexity index is 1440. The molecule has 9 heteroatoms. The van der Waals surface area contributed by atoms with Crippen LogP contribution < -0.4 is 10.1 Å². The summed E-state index contributed by atoms with van der Waals surface area (Å²) in [6.45, 7) is 3.88. The summed E-state index contributed by atoms with van der Waals surface area (Å²) in [6.07, 6.45) is 1.46. The van der Waals surface area contributed by atoms with Crippen molar-refractivity contribution in [3.63, 3.8) is 0 Å². The topological polar surface area (TPSA) is 108 Å². The molecule has 0 atom stereocenters. The molecule has 0 fully saturated rings. The largest absolute Gasteiger partial charge is 0.438 e. The van der Waals surface area contributed by atoms with Crippen LogP contribution in [-0.2, 0) is 0 Å². The second-order valence-corrected chi connectivity index (χ2v) is 7.39. The maximum atomic E-state index is 12.5. The Morgan fingerprint density at radius 3 is 2.42 bits per heavy atom. The van der Waals surface area contributed by atoms with Gasteiger partial charge in [-0.15, -0.1) is 10.2 Å². The van der Waals surface area contributed by atoms with Gasteiger partial charge in [0.1, 0.15) is 11.4 Å². The van der Waals surface area contributed by atoms with Crippen LogP contribution in [0.2, 0.25) is 0 Å². The standard InChI is InChI=1S/C24H19N7O2/c1-15-13-16(2)31(30-15)22-11-12-23(29-28-22)33-18-9-7-17(8-10-18)26-24(32)21-14-25-19-5-3-4-6-20(19)27-21/h3-14H,1-2H3,(H,26,32). The van der Waals surface area contributed by atoms with E-state index in [-0.39, 0.29) is 11.6 Å². The van der Waals surface area contributed by atoms with Gasteiger partial charge < -0.3 is 10.1 Å². The van der Waals surface area contributed by atoms with Crippen LogP contribution in [0.1, 0.15) is 21.9 Å². The van der Waals surface area contributed by atoms with Gasteiger partial charge in [0, 0.05) is 17.4 Å². The van der Waals surface area contributed by atoms with Gasteiger partial charge in [-0.25, -0.2) is 9.67 Å². The summed E-state index contributed by atoms with van der Waals surface area (Å²) in [5.41, 5.74) is 4.14. The number of aromatic nitrogens is 6. The normalized spacial score (nSPS) is 10.8.